The van der Waals surface area contributed by atoms with Gasteiger partial charge < -0.3 is 19.1 Å². The van der Waals surface area contributed by atoms with Crippen molar-refractivity contribution < 1.29 is 41.4 Å². The Morgan fingerprint density at radius 2 is 1.62 bits per heavy atom. The van der Waals surface area contributed by atoms with Crippen LogP contribution in [0.5, 0.6) is 5.75 Å². The van der Waals surface area contributed by atoms with E-state index in [0.717, 1.165) is 28.9 Å². The third-order valence-electron chi connectivity index (χ3n) is 9.19. The molecule has 0 N–H and O–H groups in total. The minimum absolute atomic E-state index is 0.0116. The van der Waals surface area contributed by atoms with Gasteiger partial charge in [0.15, 0.2) is 0 Å². The molecule has 7 nitrogen and oxygen atoms in total. The number of carbonyl (C=O) groups is 2. The number of nitrogens with zero attached hydrogens (tertiary/aromatic N) is 2. The SMILES string of the molecule is COc1ccc(CN(C(=O)C(F)(F)F)[C@H]2C[C@@H](C)N(C(=O)OCc3ccccc3)[C@H]2COC2CCC(c3cccc(F)c3)CC2)cc1. The maximum Gasteiger partial charge on any atom is 0.471 e. The van der Waals surface area contributed by atoms with E-state index < -0.39 is 36.3 Å². The number of carbonyl (C=O) groups excluding carboxylic acids is 2. The quantitative estimate of drug-likeness (QED) is 0.210. The molecule has 3 aromatic rings. The predicted octanol–water partition coefficient (Wildman–Crippen LogP) is 7.64. The highest BCUT2D eigenvalue weighted by Gasteiger charge is 2.52. The van der Waals surface area contributed by atoms with Crippen LogP contribution in [0.25, 0.3) is 0 Å². The summed E-state index contributed by atoms with van der Waals surface area (Å²) < 4.78 is 73.2. The molecule has 1 saturated carbocycles. The number of methoxy groups -OCH3 is 1. The van der Waals surface area contributed by atoms with Crippen LogP contribution < -0.4 is 4.74 Å². The third kappa shape index (κ3) is 8.62. The predicted molar refractivity (Wildman–Crippen MR) is 167 cm³/mol. The summed E-state index contributed by atoms with van der Waals surface area (Å²) in [6, 6.07) is 19.7. The van der Waals surface area contributed by atoms with E-state index in [9.17, 15) is 27.2 Å². The van der Waals surface area contributed by atoms with Crippen molar-refractivity contribution in [2.45, 2.75) is 88.5 Å². The van der Waals surface area contributed by atoms with E-state index in [-0.39, 0.29) is 44.0 Å². The lowest BCUT2D eigenvalue weighted by atomic mass is 9.82. The molecule has 11 heteroatoms. The van der Waals surface area contributed by atoms with Gasteiger partial charge in [-0.05, 0) is 85.9 Å². The summed E-state index contributed by atoms with van der Waals surface area (Å²) >= 11 is 0. The second kappa shape index (κ2) is 15.2. The molecule has 2 aliphatic rings. The van der Waals surface area contributed by atoms with E-state index in [0.29, 0.717) is 24.2 Å². The number of ether oxygens (including phenoxy) is 3. The fourth-order valence-electron chi connectivity index (χ4n) is 6.76. The van der Waals surface area contributed by atoms with E-state index in [1.165, 1.54) is 18.1 Å². The number of hydrogen-bond acceptors (Lipinski definition) is 5. The zero-order chi connectivity index (χ0) is 33.6. The zero-order valence-electron chi connectivity index (χ0n) is 26.5. The molecule has 0 radical (unpaired) electrons. The first-order chi connectivity index (χ1) is 22.5. The summed E-state index contributed by atoms with van der Waals surface area (Å²) in [5.74, 6) is -1.55. The summed E-state index contributed by atoms with van der Waals surface area (Å²) in [5.41, 5.74) is 2.18. The van der Waals surface area contributed by atoms with Gasteiger partial charge in [0, 0.05) is 12.6 Å². The maximum atomic E-state index is 14.1. The van der Waals surface area contributed by atoms with Crippen molar-refractivity contribution in [2.24, 2.45) is 0 Å². The van der Waals surface area contributed by atoms with Crippen molar-refractivity contribution in [3.8, 4) is 5.75 Å². The van der Waals surface area contributed by atoms with Crippen LogP contribution in [0.2, 0.25) is 0 Å². The van der Waals surface area contributed by atoms with Gasteiger partial charge in [0.1, 0.15) is 18.2 Å². The highest BCUT2D eigenvalue weighted by molar-refractivity contribution is 5.82. The molecular formula is C36H40F4N2O5. The number of hydrogen-bond donors (Lipinski definition) is 0. The summed E-state index contributed by atoms with van der Waals surface area (Å²) in [5, 5.41) is 0. The average Bonchev–Trinajstić information content (AvgIpc) is 3.40. The van der Waals surface area contributed by atoms with Crippen LogP contribution in [-0.4, -0.2) is 65.9 Å². The summed E-state index contributed by atoms with van der Waals surface area (Å²) in [6.45, 7) is 1.34. The Morgan fingerprint density at radius 1 is 0.915 bits per heavy atom. The molecule has 1 heterocycles. The first kappa shape index (κ1) is 34.2. The van der Waals surface area contributed by atoms with Crippen molar-refractivity contribution in [3.05, 3.63) is 101 Å². The molecule has 0 unspecified atom stereocenters. The first-order valence-corrected chi connectivity index (χ1v) is 15.9. The summed E-state index contributed by atoms with van der Waals surface area (Å²) in [7, 11) is 1.48. The van der Waals surface area contributed by atoms with Gasteiger partial charge in [-0.2, -0.15) is 13.2 Å². The topological polar surface area (TPSA) is 68.3 Å². The largest absolute Gasteiger partial charge is 0.497 e. The molecule has 2 fully saturated rings. The molecule has 1 saturated heterocycles. The van der Waals surface area contributed by atoms with Crippen molar-refractivity contribution in [1.29, 1.82) is 0 Å². The van der Waals surface area contributed by atoms with Crippen molar-refractivity contribution in [2.75, 3.05) is 13.7 Å². The number of amides is 2. The third-order valence-corrected chi connectivity index (χ3v) is 9.19. The van der Waals surface area contributed by atoms with Gasteiger partial charge in [0.2, 0.25) is 0 Å². The number of likely N-dealkylation sites (tertiary alicyclic amines) is 1. The molecule has 1 aliphatic carbocycles. The van der Waals surface area contributed by atoms with Crippen molar-refractivity contribution >= 4 is 12.0 Å². The fraction of sp³-hybridized carbons (Fsp3) is 0.444. The normalized spacial score (nSPS) is 22.9. The number of rotatable bonds is 10. The van der Waals surface area contributed by atoms with Crippen LogP contribution >= 0.6 is 0 Å². The Labute approximate surface area is 272 Å². The Kier molecular flexibility index (Phi) is 11.1. The second-order valence-electron chi connectivity index (χ2n) is 12.3. The van der Waals surface area contributed by atoms with Gasteiger partial charge in [0.25, 0.3) is 0 Å². The van der Waals surface area contributed by atoms with Crippen LogP contribution in [0.1, 0.15) is 61.6 Å². The monoisotopic (exact) mass is 656 g/mol. The second-order valence-corrected chi connectivity index (χ2v) is 12.3. The molecule has 0 bridgehead atoms. The van der Waals surface area contributed by atoms with E-state index in [2.05, 4.69) is 0 Å². The molecule has 5 rings (SSSR count). The van der Waals surface area contributed by atoms with Gasteiger partial charge in [-0.3, -0.25) is 9.69 Å². The number of halogens is 4. The van der Waals surface area contributed by atoms with E-state index >= 15 is 0 Å². The Bertz CT molecular complexity index is 1480. The lowest BCUT2D eigenvalue weighted by Gasteiger charge is -2.37. The lowest BCUT2D eigenvalue weighted by Crippen LogP contribution is -2.54. The number of alkyl halides is 3. The average molecular weight is 657 g/mol. The fourth-order valence-corrected chi connectivity index (χ4v) is 6.76. The van der Waals surface area contributed by atoms with Crippen molar-refractivity contribution in [1.82, 2.24) is 9.80 Å². The standard InChI is InChI=1S/C36H40F4N2O5/c1-24-19-32(41(34(43)36(38,39)40)21-25-11-15-30(45-2)16-12-25)33(42(24)35(44)47-22-26-7-4-3-5-8-26)23-46-31-17-13-27(14-18-31)28-9-6-10-29(37)20-28/h3-12,15-16,20,24,27,31-33H,13-14,17-19,21-23H2,1-2H3/t24-,27?,31?,32+,33+/m1/s1. The molecule has 3 aromatic carbocycles. The van der Waals surface area contributed by atoms with Gasteiger partial charge in [-0.25, -0.2) is 9.18 Å². The molecule has 2 amide bonds. The maximum absolute atomic E-state index is 14.1. The molecule has 3 atom stereocenters. The highest BCUT2D eigenvalue weighted by Crippen LogP contribution is 2.37. The van der Waals surface area contributed by atoms with Gasteiger partial charge in [-0.15, -0.1) is 0 Å². The van der Waals surface area contributed by atoms with E-state index in [4.69, 9.17) is 14.2 Å². The van der Waals surface area contributed by atoms with Crippen LogP contribution in [0, 0.1) is 5.82 Å². The highest BCUT2D eigenvalue weighted by atomic mass is 19.4. The first-order valence-electron chi connectivity index (χ1n) is 15.9. The van der Waals surface area contributed by atoms with Crippen molar-refractivity contribution in [3.63, 3.8) is 0 Å². The van der Waals surface area contributed by atoms with Crippen LogP contribution in [-0.2, 0) is 27.4 Å². The molecule has 252 valence electrons. The smallest absolute Gasteiger partial charge is 0.471 e. The molecule has 0 spiro atoms. The zero-order valence-corrected chi connectivity index (χ0v) is 26.5. The van der Waals surface area contributed by atoms with Crippen LogP contribution in [0.4, 0.5) is 22.4 Å². The van der Waals surface area contributed by atoms with E-state index in [1.807, 2.05) is 36.4 Å². The van der Waals surface area contributed by atoms with E-state index in [1.54, 1.807) is 43.3 Å². The lowest BCUT2D eigenvalue weighted by molar-refractivity contribution is -0.189. The van der Waals surface area contributed by atoms with Gasteiger partial charge in [0.05, 0.1) is 31.9 Å². The molecule has 47 heavy (non-hydrogen) atoms. The summed E-state index contributed by atoms with van der Waals surface area (Å²) in [4.78, 5) is 28.8. The minimum atomic E-state index is -5.13. The number of benzene rings is 3. The molecule has 0 aromatic heterocycles. The Morgan fingerprint density at radius 3 is 2.26 bits per heavy atom. The minimum Gasteiger partial charge on any atom is -0.497 e. The van der Waals surface area contributed by atoms with Gasteiger partial charge in [-0.1, -0.05) is 54.6 Å². The summed E-state index contributed by atoms with van der Waals surface area (Å²) in [6.07, 6.45) is -3.04. The Hall–Kier alpha value is -4.12. The molecule has 1 aliphatic heterocycles. The Balaban J connectivity index is 1.36. The van der Waals surface area contributed by atoms with Gasteiger partial charge >= 0.3 is 18.2 Å². The van der Waals surface area contributed by atoms with Crippen LogP contribution in [0.15, 0.2) is 78.9 Å². The van der Waals surface area contributed by atoms with Crippen LogP contribution in [0.3, 0.4) is 0 Å². The molecular weight excluding hydrogens is 616 g/mol.